The Balaban J connectivity index is 1.65. The van der Waals surface area contributed by atoms with Crippen LogP contribution >= 0.6 is 0 Å². The van der Waals surface area contributed by atoms with E-state index in [1.54, 1.807) is 0 Å². The Morgan fingerprint density at radius 3 is 2.80 bits per heavy atom. The molecule has 0 atom stereocenters. The Morgan fingerprint density at radius 1 is 1.10 bits per heavy atom. The highest BCUT2D eigenvalue weighted by atomic mass is 16.3. The van der Waals surface area contributed by atoms with E-state index in [-0.39, 0.29) is 0 Å². The van der Waals surface area contributed by atoms with E-state index in [4.69, 9.17) is 4.42 Å². The maximum absolute atomic E-state index is 5.68. The van der Waals surface area contributed by atoms with E-state index in [2.05, 4.69) is 42.2 Å². The van der Waals surface area contributed by atoms with E-state index in [1.165, 1.54) is 11.1 Å². The molecule has 2 aromatic carbocycles. The fourth-order valence-corrected chi connectivity index (χ4v) is 2.21. The van der Waals surface area contributed by atoms with Crippen LogP contribution in [0.2, 0.25) is 0 Å². The minimum Gasteiger partial charge on any atom is -0.437 e. The standard InChI is InChI=1S/C18H17NO/c1-14-11-12-17-16(13-14)19-18(20-17)10-6-5-9-15-7-3-2-4-8-15/h2-4,6-8,10-13H,5,9H2,1H3/b10-6-. The summed E-state index contributed by atoms with van der Waals surface area (Å²) in [4.78, 5) is 4.46. The number of rotatable bonds is 4. The maximum atomic E-state index is 5.68. The molecular weight excluding hydrogens is 246 g/mol. The van der Waals surface area contributed by atoms with Gasteiger partial charge in [-0.15, -0.1) is 0 Å². The zero-order valence-corrected chi connectivity index (χ0v) is 11.5. The van der Waals surface area contributed by atoms with Gasteiger partial charge in [0.15, 0.2) is 5.58 Å². The van der Waals surface area contributed by atoms with Crippen LogP contribution in [0, 0.1) is 6.92 Å². The summed E-state index contributed by atoms with van der Waals surface area (Å²) >= 11 is 0. The Bertz CT molecular complexity index is 726. The first-order valence-corrected chi connectivity index (χ1v) is 6.89. The molecule has 2 heteroatoms. The smallest absolute Gasteiger partial charge is 0.219 e. The molecule has 0 saturated heterocycles. The highest BCUT2D eigenvalue weighted by molar-refractivity contribution is 5.74. The molecule has 0 bridgehead atoms. The molecular formula is C18H17NO. The van der Waals surface area contributed by atoms with Crippen molar-refractivity contribution in [1.82, 2.24) is 4.98 Å². The second-order valence-corrected chi connectivity index (χ2v) is 4.95. The maximum Gasteiger partial charge on any atom is 0.219 e. The number of oxazole rings is 1. The Morgan fingerprint density at radius 2 is 1.95 bits per heavy atom. The summed E-state index contributed by atoms with van der Waals surface area (Å²) in [7, 11) is 0. The van der Waals surface area contributed by atoms with E-state index in [9.17, 15) is 0 Å². The number of hydrogen-bond donors (Lipinski definition) is 0. The summed E-state index contributed by atoms with van der Waals surface area (Å²) in [5.41, 5.74) is 4.32. The lowest BCUT2D eigenvalue weighted by Crippen LogP contribution is -1.81. The second-order valence-electron chi connectivity index (χ2n) is 4.95. The summed E-state index contributed by atoms with van der Waals surface area (Å²) < 4.78 is 5.68. The topological polar surface area (TPSA) is 26.0 Å². The quantitative estimate of drug-likeness (QED) is 0.677. The van der Waals surface area contributed by atoms with Crippen LogP contribution in [0.3, 0.4) is 0 Å². The number of nitrogens with zero attached hydrogens (tertiary/aromatic N) is 1. The van der Waals surface area contributed by atoms with Crippen molar-refractivity contribution in [1.29, 1.82) is 0 Å². The average Bonchev–Trinajstić information content (AvgIpc) is 2.86. The molecule has 0 aliphatic carbocycles. The van der Waals surface area contributed by atoms with Gasteiger partial charge in [-0.05, 0) is 49.1 Å². The van der Waals surface area contributed by atoms with E-state index in [1.807, 2.05) is 30.3 Å². The van der Waals surface area contributed by atoms with Crippen molar-refractivity contribution in [3.63, 3.8) is 0 Å². The first-order valence-electron chi connectivity index (χ1n) is 6.89. The average molecular weight is 263 g/mol. The van der Waals surface area contributed by atoms with Gasteiger partial charge in [-0.25, -0.2) is 4.98 Å². The van der Waals surface area contributed by atoms with E-state index < -0.39 is 0 Å². The van der Waals surface area contributed by atoms with Gasteiger partial charge >= 0.3 is 0 Å². The van der Waals surface area contributed by atoms with Crippen molar-refractivity contribution in [2.45, 2.75) is 19.8 Å². The summed E-state index contributed by atoms with van der Waals surface area (Å²) in [5, 5.41) is 0. The molecule has 20 heavy (non-hydrogen) atoms. The van der Waals surface area contributed by atoms with Gasteiger partial charge in [-0.2, -0.15) is 0 Å². The molecule has 0 fully saturated rings. The Hall–Kier alpha value is -2.35. The number of allylic oxidation sites excluding steroid dienone is 1. The molecule has 3 rings (SSSR count). The van der Waals surface area contributed by atoms with Gasteiger partial charge in [0, 0.05) is 0 Å². The van der Waals surface area contributed by atoms with Crippen molar-refractivity contribution in [3.05, 3.63) is 71.6 Å². The Labute approximate surface area is 118 Å². The second kappa shape index (κ2) is 5.74. The summed E-state index contributed by atoms with van der Waals surface area (Å²) in [6, 6.07) is 16.5. The molecule has 3 aromatic rings. The van der Waals surface area contributed by atoms with Crippen LogP contribution in [-0.2, 0) is 6.42 Å². The lowest BCUT2D eigenvalue weighted by atomic mass is 10.1. The monoisotopic (exact) mass is 263 g/mol. The van der Waals surface area contributed by atoms with E-state index in [0.717, 1.165) is 23.9 Å². The number of fused-ring (bicyclic) bond motifs is 1. The molecule has 0 unspecified atom stereocenters. The molecule has 0 amide bonds. The normalized spacial score (nSPS) is 11.4. The lowest BCUT2D eigenvalue weighted by molar-refractivity contribution is 0.589. The van der Waals surface area contributed by atoms with Crippen LogP contribution in [0.25, 0.3) is 17.2 Å². The number of aromatic nitrogens is 1. The zero-order valence-electron chi connectivity index (χ0n) is 11.5. The van der Waals surface area contributed by atoms with Crippen LogP contribution in [0.15, 0.2) is 59.0 Å². The number of aryl methyl sites for hydroxylation is 2. The molecule has 0 saturated carbocycles. The molecule has 1 heterocycles. The fraction of sp³-hybridized carbons (Fsp3) is 0.167. The third-order valence-corrected chi connectivity index (χ3v) is 3.26. The van der Waals surface area contributed by atoms with Crippen molar-refractivity contribution in [3.8, 4) is 0 Å². The first-order chi connectivity index (χ1) is 9.81. The minimum absolute atomic E-state index is 0.679. The van der Waals surface area contributed by atoms with Crippen LogP contribution in [0.4, 0.5) is 0 Å². The van der Waals surface area contributed by atoms with Gasteiger partial charge in [0.25, 0.3) is 0 Å². The Kier molecular flexibility index (Phi) is 3.64. The van der Waals surface area contributed by atoms with Gasteiger partial charge in [-0.1, -0.05) is 42.5 Å². The van der Waals surface area contributed by atoms with Crippen molar-refractivity contribution in [2.75, 3.05) is 0 Å². The highest BCUT2D eigenvalue weighted by Gasteiger charge is 2.02. The molecule has 2 nitrogen and oxygen atoms in total. The molecule has 0 radical (unpaired) electrons. The van der Waals surface area contributed by atoms with Crippen molar-refractivity contribution >= 4 is 17.2 Å². The van der Waals surface area contributed by atoms with E-state index >= 15 is 0 Å². The molecule has 0 N–H and O–H groups in total. The van der Waals surface area contributed by atoms with Crippen LogP contribution in [-0.4, -0.2) is 4.98 Å². The van der Waals surface area contributed by atoms with Crippen molar-refractivity contribution < 1.29 is 4.42 Å². The summed E-state index contributed by atoms with van der Waals surface area (Å²) in [5.74, 6) is 0.679. The largest absolute Gasteiger partial charge is 0.437 e. The summed E-state index contributed by atoms with van der Waals surface area (Å²) in [6.45, 7) is 2.06. The first kappa shape index (κ1) is 12.7. The third-order valence-electron chi connectivity index (χ3n) is 3.26. The van der Waals surface area contributed by atoms with Gasteiger partial charge in [-0.3, -0.25) is 0 Å². The molecule has 0 aliphatic heterocycles. The molecule has 0 spiro atoms. The van der Waals surface area contributed by atoms with Crippen LogP contribution < -0.4 is 0 Å². The van der Waals surface area contributed by atoms with Gasteiger partial charge < -0.3 is 4.42 Å². The number of hydrogen-bond acceptors (Lipinski definition) is 2. The minimum atomic E-state index is 0.679. The SMILES string of the molecule is Cc1ccc2oc(/C=C\CCc3ccccc3)nc2c1. The molecule has 1 aromatic heterocycles. The van der Waals surface area contributed by atoms with Gasteiger partial charge in [0.1, 0.15) is 5.52 Å². The van der Waals surface area contributed by atoms with Crippen molar-refractivity contribution in [2.24, 2.45) is 0 Å². The van der Waals surface area contributed by atoms with Gasteiger partial charge in [0.05, 0.1) is 0 Å². The highest BCUT2D eigenvalue weighted by Crippen LogP contribution is 2.17. The van der Waals surface area contributed by atoms with Gasteiger partial charge in [0.2, 0.25) is 5.89 Å². The predicted molar refractivity (Wildman–Crippen MR) is 82.5 cm³/mol. The lowest BCUT2D eigenvalue weighted by Gasteiger charge is -1.95. The molecule has 100 valence electrons. The predicted octanol–water partition coefficient (Wildman–Crippen LogP) is 4.78. The number of benzene rings is 2. The molecule has 0 aliphatic rings. The van der Waals surface area contributed by atoms with Crippen LogP contribution in [0.1, 0.15) is 23.4 Å². The van der Waals surface area contributed by atoms with E-state index in [0.29, 0.717) is 5.89 Å². The van der Waals surface area contributed by atoms with Crippen LogP contribution in [0.5, 0.6) is 0 Å². The zero-order chi connectivity index (χ0) is 13.8. The third kappa shape index (κ3) is 2.97. The fourth-order valence-electron chi connectivity index (χ4n) is 2.21. The summed E-state index contributed by atoms with van der Waals surface area (Å²) in [6.07, 6.45) is 6.10.